The van der Waals surface area contributed by atoms with Gasteiger partial charge in [0.05, 0.1) is 18.1 Å². The zero-order valence-electron chi connectivity index (χ0n) is 13.9. The third kappa shape index (κ3) is 3.35. The van der Waals surface area contributed by atoms with Gasteiger partial charge >= 0.3 is 0 Å². The Morgan fingerprint density at radius 3 is 2.58 bits per heavy atom. The molecule has 0 N–H and O–H groups in total. The smallest absolute Gasteiger partial charge is 0.276 e. The molecule has 5 heteroatoms. The highest BCUT2D eigenvalue weighted by Gasteiger charge is 2.19. The summed E-state index contributed by atoms with van der Waals surface area (Å²) < 4.78 is 1.87. The van der Waals surface area contributed by atoms with Crippen molar-refractivity contribution in [3.63, 3.8) is 0 Å². The van der Waals surface area contributed by atoms with E-state index in [1.54, 1.807) is 30.5 Å². The Labute approximate surface area is 141 Å². The van der Waals surface area contributed by atoms with Crippen LogP contribution in [0, 0.1) is 0 Å². The number of rotatable bonds is 5. The zero-order chi connectivity index (χ0) is 16.9. The molecule has 3 aromatic rings. The fraction of sp³-hybridized carbons (Fsp3) is 0.211. The lowest BCUT2D eigenvalue weighted by molar-refractivity contribution is 0.0985. The summed E-state index contributed by atoms with van der Waals surface area (Å²) >= 11 is 0. The van der Waals surface area contributed by atoms with Crippen LogP contribution in [0.25, 0.3) is 0 Å². The van der Waals surface area contributed by atoms with Gasteiger partial charge in [0.15, 0.2) is 0 Å². The Kier molecular flexibility index (Phi) is 4.70. The van der Waals surface area contributed by atoms with Gasteiger partial charge in [-0.05, 0) is 24.1 Å². The summed E-state index contributed by atoms with van der Waals surface area (Å²) in [7, 11) is 3.63. The molecular weight excluding hydrogens is 300 g/mol. The number of hydrogen-bond donors (Lipinski definition) is 0. The van der Waals surface area contributed by atoms with E-state index in [9.17, 15) is 4.79 Å². The number of imidazole rings is 1. The van der Waals surface area contributed by atoms with Crippen molar-refractivity contribution in [1.82, 2.24) is 14.5 Å². The quantitative estimate of drug-likeness (QED) is 0.726. The van der Waals surface area contributed by atoms with Crippen molar-refractivity contribution < 1.29 is 4.79 Å². The minimum Gasteiger partial charge on any atom is -0.327 e. The van der Waals surface area contributed by atoms with Crippen molar-refractivity contribution in [2.45, 2.75) is 12.8 Å². The van der Waals surface area contributed by atoms with Gasteiger partial charge in [-0.15, -0.1) is 0 Å². The second-order valence-corrected chi connectivity index (χ2v) is 5.68. The molecule has 0 aliphatic heterocycles. The first kappa shape index (κ1) is 15.9. The Hall–Kier alpha value is -2.95. The lowest BCUT2D eigenvalue weighted by Gasteiger charge is -2.17. The van der Waals surface area contributed by atoms with Crippen LogP contribution in [0.4, 0.5) is 5.69 Å². The normalized spacial score (nSPS) is 10.6. The molecule has 0 unspecified atom stereocenters. The van der Waals surface area contributed by atoms with Crippen molar-refractivity contribution in [2.24, 2.45) is 7.05 Å². The van der Waals surface area contributed by atoms with Crippen LogP contribution in [0.15, 0.2) is 61.1 Å². The second kappa shape index (κ2) is 7.08. The lowest BCUT2D eigenvalue weighted by Crippen LogP contribution is -2.28. The summed E-state index contributed by atoms with van der Waals surface area (Å²) in [4.78, 5) is 22.8. The van der Waals surface area contributed by atoms with E-state index in [2.05, 4.69) is 22.1 Å². The molecule has 0 fully saturated rings. The molecule has 3 rings (SSSR count). The first-order chi connectivity index (χ1) is 11.7. The third-order valence-corrected chi connectivity index (χ3v) is 4.12. The van der Waals surface area contributed by atoms with Crippen molar-refractivity contribution >= 4 is 11.6 Å². The monoisotopic (exact) mass is 320 g/mol. The molecule has 0 bridgehead atoms. The Morgan fingerprint density at radius 1 is 1.08 bits per heavy atom. The molecule has 0 saturated carbocycles. The van der Waals surface area contributed by atoms with Crippen LogP contribution >= 0.6 is 0 Å². The van der Waals surface area contributed by atoms with Crippen LogP contribution in [0.1, 0.15) is 21.9 Å². The molecule has 0 aliphatic rings. The number of carbonyl (C=O) groups is 1. The molecule has 1 amide bonds. The van der Waals surface area contributed by atoms with Gasteiger partial charge in [0, 0.05) is 26.7 Å². The van der Waals surface area contributed by atoms with Gasteiger partial charge in [-0.25, -0.2) is 4.98 Å². The van der Waals surface area contributed by atoms with Crippen LogP contribution in [0.3, 0.4) is 0 Å². The van der Waals surface area contributed by atoms with E-state index in [0.717, 1.165) is 24.4 Å². The van der Waals surface area contributed by atoms with E-state index in [-0.39, 0.29) is 5.91 Å². The van der Waals surface area contributed by atoms with E-state index >= 15 is 0 Å². The number of pyridine rings is 1. The number of aromatic nitrogens is 3. The van der Waals surface area contributed by atoms with Gasteiger partial charge < -0.3 is 9.47 Å². The van der Waals surface area contributed by atoms with Crippen molar-refractivity contribution in [2.75, 3.05) is 11.9 Å². The van der Waals surface area contributed by atoms with Crippen LogP contribution in [-0.4, -0.2) is 27.5 Å². The van der Waals surface area contributed by atoms with Gasteiger partial charge in [-0.3, -0.25) is 9.78 Å². The molecule has 2 heterocycles. The van der Waals surface area contributed by atoms with Gasteiger partial charge in [-0.1, -0.05) is 30.3 Å². The number of nitrogens with zero attached hydrogens (tertiary/aromatic N) is 4. The highest BCUT2D eigenvalue weighted by molar-refractivity contribution is 6.04. The molecule has 0 saturated heterocycles. The summed E-state index contributed by atoms with van der Waals surface area (Å²) in [5, 5.41) is 0. The van der Waals surface area contributed by atoms with Gasteiger partial charge in [-0.2, -0.15) is 0 Å². The number of hydrogen-bond acceptors (Lipinski definition) is 3. The predicted octanol–water partition coefficient (Wildman–Crippen LogP) is 2.88. The Morgan fingerprint density at radius 2 is 1.88 bits per heavy atom. The van der Waals surface area contributed by atoms with E-state index in [1.165, 1.54) is 5.56 Å². The lowest BCUT2D eigenvalue weighted by atomic mass is 10.1. The number of anilines is 1. The molecule has 0 spiro atoms. The van der Waals surface area contributed by atoms with E-state index in [0.29, 0.717) is 5.69 Å². The second-order valence-electron chi connectivity index (χ2n) is 5.68. The number of amides is 1. The minimum absolute atomic E-state index is 0.0936. The van der Waals surface area contributed by atoms with E-state index in [1.807, 2.05) is 41.9 Å². The summed E-state index contributed by atoms with van der Waals surface area (Å²) in [6.45, 7) is 0. The third-order valence-electron chi connectivity index (χ3n) is 4.12. The molecule has 0 aliphatic carbocycles. The first-order valence-corrected chi connectivity index (χ1v) is 7.89. The first-order valence-electron chi connectivity index (χ1n) is 7.89. The molecule has 2 aromatic heterocycles. The van der Waals surface area contributed by atoms with Crippen LogP contribution < -0.4 is 4.90 Å². The van der Waals surface area contributed by atoms with Gasteiger partial charge in [0.1, 0.15) is 11.5 Å². The van der Waals surface area contributed by atoms with Crippen LogP contribution in [0.5, 0.6) is 0 Å². The largest absolute Gasteiger partial charge is 0.327 e. The van der Waals surface area contributed by atoms with Crippen molar-refractivity contribution in [1.29, 1.82) is 0 Å². The maximum absolute atomic E-state index is 12.7. The zero-order valence-corrected chi connectivity index (χ0v) is 13.9. The fourth-order valence-electron chi connectivity index (χ4n) is 2.62. The molecule has 24 heavy (non-hydrogen) atoms. The van der Waals surface area contributed by atoms with Crippen molar-refractivity contribution in [3.8, 4) is 0 Å². The Balaban J connectivity index is 1.73. The van der Waals surface area contributed by atoms with Gasteiger partial charge in [0.25, 0.3) is 5.91 Å². The standard InChI is InChI=1S/C19H20N4O/c1-22(16-9-6-12-20-13-16)19(24)17-14-21-18(23(17)2)11-10-15-7-4-3-5-8-15/h3-9,12-14H,10-11H2,1-2H3. The Bertz CT molecular complexity index is 812. The summed E-state index contributed by atoms with van der Waals surface area (Å²) in [5.41, 5.74) is 2.60. The predicted molar refractivity (Wildman–Crippen MR) is 94.0 cm³/mol. The topological polar surface area (TPSA) is 51.0 Å². The molecule has 122 valence electrons. The molecule has 1 aromatic carbocycles. The maximum atomic E-state index is 12.7. The summed E-state index contributed by atoms with van der Waals surface area (Å²) in [5.74, 6) is 0.811. The maximum Gasteiger partial charge on any atom is 0.276 e. The molecular formula is C19H20N4O. The van der Waals surface area contributed by atoms with Crippen LogP contribution in [-0.2, 0) is 19.9 Å². The number of aryl methyl sites for hydroxylation is 2. The minimum atomic E-state index is -0.0936. The fourth-order valence-corrected chi connectivity index (χ4v) is 2.62. The van der Waals surface area contributed by atoms with Gasteiger partial charge in [0.2, 0.25) is 0 Å². The van der Waals surface area contributed by atoms with E-state index < -0.39 is 0 Å². The SMILES string of the molecule is CN(C(=O)c1cnc(CCc2ccccc2)n1C)c1cccnc1. The summed E-state index contributed by atoms with van der Waals surface area (Å²) in [6, 6.07) is 14.0. The van der Waals surface area contributed by atoms with E-state index in [4.69, 9.17) is 0 Å². The highest BCUT2D eigenvalue weighted by atomic mass is 16.2. The summed E-state index contributed by atoms with van der Waals surface area (Å²) in [6.07, 6.45) is 6.70. The molecule has 0 radical (unpaired) electrons. The van der Waals surface area contributed by atoms with Crippen molar-refractivity contribution in [3.05, 3.63) is 78.1 Å². The number of benzene rings is 1. The average molecular weight is 320 g/mol. The number of carbonyl (C=O) groups excluding carboxylic acids is 1. The average Bonchev–Trinajstić information content (AvgIpc) is 3.01. The molecule has 5 nitrogen and oxygen atoms in total. The molecule has 0 atom stereocenters. The highest BCUT2D eigenvalue weighted by Crippen LogP contribution is 2.15. The van der Waals surface area contributed by atoms with Crippen LogP contribution in [0.2, 0.25) is 0 Å².